The number of azo groups is 1. The smallest absolute Gasteiger partial charge is 0.250 e. The van der Waals surface area contributed by atoms with E-state index >= 15 is 0 Å². The first kappa shape index (κ1) is 20.7. The molecule has 2 heterocycles. The summed E-state index contributed by atoms with van der Waals surface area (Å²) in [6.07, 6.45) is 3.23. The number of imidazole rings is 1. The van der Waals surface area contributed by atoms with Crippen LogP contribution in [0.15, 0.2) is 93.5 Å². The van der Waals surface area contributed by atoms with E-state index in [1.165, 1.54) is 11.8 Å². The number of aromatic amines is 1. The summed E-state index contributed by atoms with van der Waals surface area (Å²) in [4.78, 5) is 24.0. The second kappa shape index (κ2) is 9.96. The van der Waals surface area contributed by atoms with Gasteiger partial charge in [-0.2, -0.15) is 5.10 Å². The van der Waals surface area contributed by atoms with Gasteiger partial charge in [-0.25, -0.2) is 10.4 Å². The first-order valence-corrected chi connectivity index (χ1v) is 10.6. The molecule has 0 aliphatic rings. The SMILES string of the molecule is O=C(CSc1nc2ccccc2[nH]1)N/N=C(/N=Nc1ccc(Cl)cc1)c1cccnc1. The monoisotopic (exact) mass is 449 g/mol. The highest BCUT2D eigenvalue weighted by Crippen LogP contribution is 2.19. The zero-order chi connectivity index (χ0) is 21.5. The van der Waals surface area contributed by atoms with E-state index in [9.17, 15) is 4.79 Å². The van der Waals surface area contributed by atoms with Crippen molar-refractivity contribution in [2.75, 3.05) is 5.75 Å². The molecule has 0 saturated carbocycles. The van der Waals surface area contributed by atoms with Crippen LogP contribution in [0.3, 0.4) is 0 Å². The molecule has 8 nitrogen and oxygen atoms in total. The molecular weight excluding hydrogens is 434 g/mol. The van der Waals surface area contributed by atoms with Gasteiger partial charge in [0.1, 0.15) is 0 Å². The number of benzene rings is 2. The number of carbonyl (C=O) groups is 1. The average molecular weight is 450 g/mol. The summed E-state index contributed by atoms with van der Waals surface area (Å²) in [5.74, 6) is 0.0662. The van der Waals surface area contributed by atoms with Crippen LogP contribution >= 0.6 is 23.4 Å². The lowest BCUT2D eigenvalue weighted by molar-refractivity contribution is -0.118. The number of aromatic nitrogens is 3. The molecule has 31 heavy (non-hydrogen) atoms. The number of rotatable bonds is 6. The fourth-order valence-corrected chi connectivity index (χ4v) is 3.34. The Morgan fingerprint density at radius 2 is 1.94 bits per heavy atom. The topological polar surface area (TPSA) is 108 Å². The maximum atomic E-state index is 12.3. The van der Waals surface area contributed by atoms with Crippen molar-refractivity contribution >= 4 is 51.8 Å². The molecule has 4 rings (SSSR count). The van der Waals surface area contributed by atoms with Crippen molar-refractivity contribution in [2.45, 2.75) is 5.16 Å². The fraction of sp³-hybridized carbons (Fsp3) is 0.0476. The molecule has 0 radical (unpaired) electrons. The molecule has 0 fully saturated rings. The van der Waals surface area contributed by atoms with E-state index in [0.29, 0.717) is 21.4 Å². The third kappa shape index (κ3) is 5.74. The molecule has 0 bridgehead atoms. The van der Waals surface area contributed by atoms with Crippen LogP contribution in [0, 0.1) is 0 Å². The molecule has 10 heteroatoms. The van der Waals surface area contributed by atoms with Gasteiger partial charge in [0.05, 0.1) is 22.5 Å². The van der Waals surface area contributed by atoms with E-state index in [4.69, 9.17) is 11.6 Å². The number of halogens is 1. The Morgan fingerprint density at radius 3 is 2.71 bits per heavy atom. The van der Waals surface area contributed by atoms with Gasteiger partial charge in [0.2, 0.25) is 5.84 Å². The van der Waals surface area contributed by atoms with E-state index in [1.807, 2.05) is 24.3 Å². The van der Waals surface area contributed by atoms with Crippen molar-refractivity contribution in [1.29, 1.82) is 0 Å². The Kier molecular flexibility index (Phi) is 6.65. The Bertz CT molecular complexity index is 1210. The summed E-state index contributed by atoms with van der Waals surface area (Å²) < 4.78 is 0. The van der Waals surface area contributed by atoms with Crippen LogP contribution in [0.5, 0.6) is 0 Å². The van der Waals surface area contributed by atoms with Crippen molar-refractivity contribution in [2.24, 2.45) is 15.3 Å². The number of amides is 1. The number of fused-ring (bicyclic) bond motifs is 1. The molecule has 2 aromatic carbocycles. The molecule has 154 valence electrons. The van der Waals surface area contributed by atoms with E-state index < -0.39 is 0 Å². The number of pyridine rings is 1. The van der Waals surface area contributed by atoms with Crippen molar-refractivity contribution in [1.82, 2.24) is 20.4 Å². The Morgan fingerprint density at radius 1 is 1.10 bits per heavy atom. The number of amidine groups is 1. The van der Waals surface area contributed by atoms with Crippen LogP contribution in [0.1, 0.15) is 5.56 Å². The van der Waals surface area contributed by atoms with E-state index in [2.05, 4.69) is 35.7 Å². The molecule has 0 spiro atoms. The minimum absolute atomic E-state index is 0.137. The van der Waals surface area contributed by atoms with Gasteiger partial charge < -0.3 is 4.98 Å². The highest BCUT2D eigenvalue weighted by Gasteiger charge is 2.08. The van der Waals surface area contributed by atoms with Crippen molar-refractivity contribution < 1.29 is 4.79 Å². The largest absolute Gasteiger partial charge is 0.333 e. The molecular formula is C21H16ClN7OS. The predicted molar refractivity (Wildman–Crippen MR) is 122 cm³/mol. The van der Waals surface area contributed by atoms with Gasteiger partial charge in [-0.1, -0.05) is 35.5 Å². The highest BCUT2D eigenvalue weighted by molar-refractivity contribution is 7.99. The number of hydrazone groups is 1. The molecule has 4 aromatic rings. The predicted octanol–water partition coefficient (Wildman–Crippen LogP) is 4.97. The Hall–Kier alpha value is -3.56. The van der Waals surface area contributed by atoms with Gasteiger partial charge >= 0.3 is 0 Å². The summed E-state index contributed by atoms with van der Waals surface area (Å²) in [7, 11) is 0. The van der Waals surface area contributed by atoms with Gasteiger partial charge in [-0.05, 0) is 48.5 Å². The summed E-state index contributed by atoms with van der Waals surface area (Å²) in [6, 6.07) is 18.1. The number of nitrogens with one attached hydrogen (secondary N) is 2. The fourth-order valence-electron chi connectivity index (χ4n) is 2.53. The second-order valence-electron chi connectivity index (χ2n) is 6.24. The summed E-state index contributed by atoms with van der Waals surface area (Å²) in [5.41, 5.74) is 5.51. The first-order valence-electron chi connectivity index (χ1n) is 9.19. The average Bonchev–Trinajstić information content (AvgIpc) is 3.22. The van der Waals surface area contributed by atoms with E-state index in [0.717, 1.165) is 11.0 Å². The Balaban J connectivity index is 1.43. The molecule has 0 aliphatic heterocycles. The van der Waals surface area contributed by atoms with E-state index in [-0.39, 0.29) is 17.5 Å². The number of hydrogen-bond acceptors (Lipinski definition) is 6. The van der Waals surface area contributed by atoms with Gasteiger partial charge in [0.15, 0.2) is 5.16 Å². The maximum Gasteiger partial charge on any atom is 0.250 e. The third-order valence-corrected chi connectivity index (χ3v) is 5.13. The first-order chi connectivity index (χ1) is 15.2. The van der Waals surface area contributed by atoms with Crippen LogP contribution in [-0.4, -0.2) is 32.4 Å². The number of para-hydroxylation sites is 2. The second-order valence-corrected chi connectivity index (χ2v) is 7.64. The number of nitrogens with zero attached hydrogens (tertiary/aromatic N) is 5. The summed E-state index contributed by atoms with van der Waals surface area (Å²) in [6.45, 7) is 0. The number of thioether (sulfide) groups is 1. The minimum atomic E-state index is -0.298. The lowest BCUT2D eigenvalue weighted by atomic mass is 10.3. The quantitative estimate of drug-likeness (QED) is 0.142. The van der Waals surface area contributed by atoms with Gasteiger partial charge in [-0.15, -0.1) is 10.2 Å². The Labute approximate surface area is 186 Å². The summed E-state index contributed by atoms with van der Waals surface area (Å²) >= 11 is 7.18. The zero-order valence-corrected chi connectivity index (χ0v) is 17.6. The zero-order valence-electron chi connectivity index (χ0n) is 16.1. The highest BCUT2D eigenvalue weighted by atomic mass is 35.5. The van der Waals surface area contributed by atoms with Crippen LogP contribution in [0.25, 0.3) is 11.0 Å². The maximum absolute atomic E-state index is 12.3. The van der Waals surface area contributed by atoms with Crippen molar-refractivity contribution in [3.63, 3.8) is 0 Å². The molecule has 0 unspecified atom stereocenters. The lowest BCUT2D eigenvalue weighted by Gasteiger charge is -2.02. The normalized spacial score (nSPS) is 11.8. The lowest BCUT2D eigenvalue weighted by Crippen LogP contribution is -2.21. The van der Waals surface area contributed by atoms with Crippen LogP contribution in [-0.2, 0) is 4.79 Å². The number of H-pyrrole nitrogens is 1. The van der Waals surface area contributed by atoms with Crippen molar-refractivity contribution in [3.8, 4) is 0 Å². The summed E-state index contributed by atoms with van der Waals surface area (Å²) in [5, 5.41) is 13.7. The van der Waals surface area contributed by atoms with E-state index in [1.54, 1.807) is 48.8 Å². The molecule has 0 aliphatic carbocycles. The van der Waals surface area contributed by atoms with Crippen molar-refractivity contribution in [3.05, 3.63) is 83.6 Å². The van der Waals surface area contributed by atoms with Crippen LogP contribution < -0.4 is 5.43 Å². The third-order valence-electron chi connectivity index (χ3n) is 4.00. The molecule has 0 atom stereocenters. The number of carbonyl (C=O) groups excluding carboxylic acids is 1. The van der Waals surface area contributed by atoms with Crippen LogP contribution in [0.4, 0.5) is 5.69 Å². The molecule has 1 amide bonds. The minimum Gasteiger partial charge on any atom is -0.333 e. The van der Waals surface area contributed by atoms with Gasteiger partial charge in [-0.3, -0.25) is 9.78 Å². The molecule has 2 aromatic heterocycles. The van der Waals surface area contributed by atoms with Gasteiger partial charge in [0.25, 0.3) is 5.91 Å². The van der Waals surface area contributed by atoms with Crippen LogP contribution in [0.2, 0.25) is 5.02 Å². The number of hydrogen-bond donors (Lipinski definition) is 2. The molecule has 0 saturated heterocycles. The molecule has 2 N–H and O–H groups in total. The van der Waals surface area contributed by atoms with Gasteiger partial charge in [0, 0.05) is 23.0 Å². The standard InChI is InChI=1S/C21H16ClN7OS/c22-15-7-9-16(10-8-15)26-28-20(14-4-3-11-23-12-14)29-27-19(30)13-31-21-24-17-5-1-2-6-18(17)25-21/h1-12H,13H2,(H,24,25)(H,27,30)/b28-26?,29-20+.